The van der Waals surface area contributed by atoms with Crippen molar-refractivity contribution in [3.8, 4) is 0 Å². The summed E-state index contributed by atoms with van der Waals surface area (Å²) in [6.07, 6.45) is -0.999. The van der Waals surface area contributed by atoms with Crippen LogP contribution in [0.1, 0.15) is 6.92 Å². The summed E-state index contributed by atoms with van der Waals surface area (Å²) in [5, 5.41) is 20.6. The second kappa shape index (κ2) is 8.43. The molecule has 0 aromatic carbocycles. The molecule has 0 saturated heterocycles. The lowest BCUT2D eigenvalue weighted by atomic mass is 10.1. The molecule has 0 fully saturated rings. The van der Waals surface area contributed by atoms with Crippen LogP contribution in [0.5, 0.6) is 0 Å². The lowest BCUT2D eigenvalue weighted by Crippen LogP contribution is -2.56. The largest absolute Gasteiger partial charge is 0.394 e. The highest BCUT2D eigenvalue weighted by Gasteiger charge is 2.26. The van der Waals surface area contributed by atoms with Gasteiger partial charge in [0.15, 0.2) is 0 Å². The molecule has 7 nitrogen and oxygen atoms in total. The Kier molecular flexibility index (Phi) is 9.30. The van der Waals surface area contributed by atoms with Crippen molar-refractivity contribution >= 4 is 24.6 Å². The summed E-state index contributed by atoms with van der Waals surface area (Å²) in [6.45, 7) is 0.928. The molecule has 1 amide bonds. The second-order valence-electron chi connectivity index (χ2n) is 3.29. The molecule has 16 heavy (non-hydrogen) atoms. The van der Waals surface area contributed by atoms with Crippen LogP contribution in [0.25, 0.3) is 0 Å². The van der Waals surface area contributed by atoms with E-state index in [9.17, 15) is 14.7 Å². The highest BCUT2D eigenvalue weighted by Crippen LogP contribution is 1.97. The number of carbonyl (C=O) groups is 2. The lowest BCUT2D eigenvalue weighted by Gasteiger charge is -2.24. The molecule has 8 heteroatoms. The Hall–Kier alpha value is -0.730. The standard InChI is InChI=1S/C8H17N3O4.ClH/c1-4(9)8(15)11-6(3-13)7(14)5(10)2-12;/h2,4-7,13-14H,3,9-10H2,1H3,(H,11,15);1H/t4-,5+,6+,7-;/m1./s1. The summed E-state index contributed by atoms with van der Waals surface area (Å²) in [6, 6.07) is -2.92. The second-order valence-corrected chi connectivity index (χ2v) is 3.29. The van der Waals surface area contributed by atoms with Crippen LogP contribution in [0.2, 0.25) is 0 Å². The van der Waals surface area contributed by atoms with E-state index in [0.717, 1.165) is 0 Å². The predicted octanol–water partition coefficient (Wildman–Crippen LogP) is -2.88. The van der Waals surface area contributed by atoms with Gasteiger partial charge < -0.3 is 31.8 Å². The monoisotopic (exact) mass is 255 g/mol. The minimum atomic E-state index is -1.34. The number of rotatable bonds is 6. The van der Waals surface area contributed by atoms with Crippen LogP contribution in [0.3, 0.4) is 0 Å². The molecule has 0 radical (unpaired) electrons. The first-order valence-corrected chi connectivity index (χ1v) is 4.49. The SMILES string of the molecule is C[C@@H](N)C(=O)N[C@@H](CO)[C@H](O)[C@@H](N)C=O.Cl. The van der Waals surface area contributed by atoms with E-state index in [1.54, 1.807) is 0 Å². The zero-order valence-corrected chi connectivity index (χ0v) is 9.68. The summed E-state index contributed by atoms with van der Waals surface area (Å²) in [4.78, 5) is 21.4. The fourth-order valence-corrected chi connectivity index (χ4v) is 0.902. The van der Waals surface area contributed by atoms with Gasteiger partial charge in [0.1, 0.15) is 6.29 Å². The van der Waals surface area contributed by atoms with Crippen LogP contribution in [0.4, 0.5) is 0 Å². The summed E-state index contributed by atoms with van der Waals surface area (Å²) in [5.74, 6) is -0.536. The van der Waals surface area contributed by atoms with Gasteiger partial charge in [0.05, 0.1) is 30.8 Å². The van der Waals surface area contributed by atoms with Crippen molar-refractivity contribution in [2.24, 2.45) is 11.5 Å². The molecule has 0 aliphatic rings. The van der Waals surface area contributed by atoms with E-state index < -0.39 is 36.7 Å². The Morgan fingerprint density at radius 3 is 2.31 bits per heavy atom. The van der Waals surface area contributed by atoms with Crippen molar-refractivity contribution < 1.29 is 19.8 Å². The molecular weight excluding hydrogens is 238 g/mol. The molecule has 0 aliphatic heterocycles. The molecule has 0 aliphatic carbocycles. The molecule has 0 spiro atoms. The zero-order valence-electron chi connectivity index (χ0n) is 8.87. The number of hydrogen-bond donors (Lipinski definition) is 5. The quantitative estimate of drug-likeness (QED) is 0.323. The summed E-state index contributed by atoms with van der Waals surface area (Å²) >= 11 is 0. The van der Waals surface area contributed by atoms with E-state index in [2.05, 4.69) is 5.32 Å². The lowest BCUT2D eigenvalue weighted by molar-refractivity contribution is -0.125. The molecule has 0 heterocycles. The number of halogens is 1. The van der Waals surface area contributed by atoms with Crippen LogP contribution in [-0.4, -0.2) is 53.2 Å². The molecule has 96 valence electrons. The zero-order chi connectivity index (χ0) is 12.0. The summed E-state index contributed by atoms with van der Waals surface area (Å²) in [7, 11) is 0. The highest BCUT2D eigenvalue weighted by atomic mass is 35.5. The topological polar surface area (TPSA) is 139 Å². The Morgan fingerprint density at radius 2 is 2.00 bits per heavy atom. The van der Waals surface area contributed by atoms with E-state index in [1.807, 2.05) is 0 Å². The first kappa shape index (κ1) is 17.7. The average Bonchev–Trinajstić information content (AvgIpc) is 2.23. The molecule has 7 N–H and O–H groups in total. The molecule has 0 aromatic rings. The molecule has 0 saturated carbocycles. The first-order chi connectivity index (χ1) is 6.93. The Bertz CT molecular complexity index is 227. The van der Waals surface area contributed by atoms with Gasteiger partial charge in [-0.3, -0.25) is 4.79 Å². The van der Waals surface area contributed by atoms with Crippen molar-refractivity contribution in [1.82, 2.24) is 5.32 Å². The maximum Gasteiger partial charge on any atom is 0.237 e. The van der Waals surface area contributed by atoms with Crippen LogP contribution < -0.4 is 16.8 Å². The van der Waals surface area contributed by atoms with Crippen LogP contribution >= 0.6 is 12.4 Å². The first-order valence-electron chi connectivity index (χ1n) is 4.49. The summed E-state index contributed by atoms with van der Waals surface area (Å²) in [5.41, 5.74) is 10.5. The Morgan fingerprint density at radius 1 is 1.50 bits per heavy atom. The summed E-state index contributed by atoms with van der Waals surface area (Å²) < 4.78 is 0. The minimum absolute atomic E-state index is 0. The van der Waals surface area contributed by atoms with Crippen molar-refractivity contribution in [2.45, 2.75) is 31.2 Å². The maximum atomic E-state index is 11.1. The number of hydrogen-bond acceptors (Lipinski definition) is 6. The fraction of sp³-hybridized carbons (Fsp3) is 0.750. The third-order valence-electron chi connectivity index (χ3n) is 1.90. The van der Waals surface area contributed by atoms with Gasteiger partial charge in [-0.05, 0) is 6.92 Å². The molecule has 0 bridgehead atoms. The van der Waals surface area contributed by atoms with Gasteiger partial charge in [0, 0.05) is 0 Å². The van der Waals surface area contributed by atoms with E-state index in [-0.39, 0.29) is 12.4 Å². The third-order valence-corrected chi connectivity index (χ3v) is 1.90. The number of aliphatic hydroxyl groups excluding tert-OH is 2. The van der Waals surface area contributed by atoms with Crippen molar-refractivity contribution in [2.75, 3.05) is 6.61 Å². The number of carbonyl (C=O) groups excluding carboxylic acids is 2. The van der Waals surface area contributed by atoms with Gasteiger partial charge in [-0.15, -0.1) is 12.4 Å². The van der Waals surface area contributed by atoms with Crippen LogP contribution in [0.15, 0.2) is 0 Å². The van der Waals surface area contributed by atoms with Crippen molar-refractivity contribution in [3.05, 3.63) is 0 Å². The third kappa shape index (κ3) is 5.38. The average molecular weight is 256 g/mol. The van der Waals surface area contributed by atoms with E-state index in [1.165, 1.54) is 6.92 Å². The Labute approximate surface area is 99.6 Å². The predicted molar refractivity (Wildman–Crippen MR) is 60.0 cm³/mol. The molecule has 0 aromatic heterocycles. The number of aldehydes is 1. The van der Waals surface area contributed by atoms with Gasteiger partial charge in [-0.1, -0.05) is 0 Å². The van der Waals surface area contributed by atoms with Gasteiger partial charge in [-0.2, -0.15) is 0 Å². The van der Waals surface area contributed by atoms with Gasteiger partial charge in [-0.25, -0.2) is 0 Å². The van der Waals surface area contributed by atoms with Crippen molar-refractivity contribution in [3.63, 3.8) is 0 Å². The number of aliphatic hydroxyl groups is 2. The van der Waals surface area contributed by atoms with Crippen LogP contribution in [-0.2, 0) is 9.59 Å². The van der Waals surface area contributed by atoms with E-state index in [4.69, 9.17) is 16.6 Å². The smallest absolute Gasteiger partial charge is 0.237 e. The molecule has 4 atom stereocenters. The van der Waals surface area contributed by atoms with E-state index in [0.29, 0.717) is 6.29 Å². The minimum Gasteiger partial charge on any atom is -0.394 e. The van der Waals surface area contributed by atoms with Crippen molar-refractivity contribution in [1.29, 1.82) is 0 Å². The number of nitrogens with one attached hydrogen (secondary N) is 1. The fourth-order valence-electron chi connectivity index (χ4n) is 0.902. The highest BCUT2D eigenvalue weighted by molar-refractivity contribution is 5.85. The van der Waals surface area contributed by atoms with E-state index >= 15 is 0 Å². The van der Waals surface area contributed by atoms with Crippen LogP contribution in [0, 0.1) is 0 Å². The molecular formula is C8H18ClN3O4. The number of nitrogens with two attached hydrogens (primary N) is 2. The number of amides is 1. The van der Waals surface area contributed by atoms with Gasteiger partial charge in [0.2, 0.25) is 5.91 Å². The van der Waals surface area contributed by atoms with Gasteiger partial charge >= 0.3 is 0 Å². The normalized spacial score (nSPS) is 17.6. The molecule has 0 rings (SSSR count). The Balaban J connectivity index is 0. The van der Waals surface area contributed by atoms with Gasteiger partial charge in [0.25, 0.3) is 0 Å². The maximum absolute atomic E-state index is 11.1. The molecule has 0 unspecified atom stereocenters.